The topological polar surface area (TPSA) is 90.0 Å². The van der Waals surface area contributed by atoms with Gasteiger partial charge in [-0.05, 0) is 31.5 Å². The van der Waals surface area contributed by atoms with E-state index in [-0.39, 0.29) is 11.8 Å². The molecule has 0 saturated heterocycles. The molecule has 7 heteroatoms. The minimum atomic E-state index is -3.48. The van der Waals surface area contributed by atoms with Crippen LogP contribution < -0.4 is 10.5 Å². The average Bonchev–Trinajstić information content (AvgIpc) is 2.79. The van der Waals surface area contributed by atoms with Crippen molar-refractivity contribution in [2.45, 2.75) is 25.6 Å². The highest BCUT2D eigenvalue weighted by Crippen LogP contribution is 2.17. The summed E-state index contributed by atoms with van der Waals surface area (Å²) in [4.78, 5) is 0. The van der Waals surface area contributed by atoms with E-state index in [1.807, 2.05) is 13.8 Å². The molecule has 1 heterocycles. The largest absolute Gasteiger partial charge is 0.399 e. The van der Waals surface area contributed by atoms with E-state index in [1.54, 1.807) is 41.2 Å². The molecular weight excluding hydrogens is 276 g/mol. The van der Waals surface area contributed by atoms with Crippen molar-refractivity contribution in [1.29, 1.82) is 0 Å². The third kappa shape index (κ3) is 3.51. The van der Waals surface area contributed by atoms with Crippen molar-refractivity contribution in [3.8, 4) is 0 Å². The number of benzene rings is 1. The maximum atomic E-state index is 12.1. The van der Waals surface area contributed by atoms with Crippen molar-refractivity contribution in [3.05, 3.63) is 42.1 Å². The number of nitrogen functional groups attached to an aromatic ring is 1. The van der Waals surface area contributed by atoms with Crippen molar-refractivity contribution in [2.24, 2.45) is 0 Å². The molecule has 20 heavy (non-hydrogen) atoms. The van der Waals surface area contributed by atoms with Gasteiger partial charge in [0.2, 0.25) is 10.0 Å². The second-order valence-corrected chi connectivity index (χ2v) is 6.58. The quantitative estimate of drug-likeness (QED) is 0.825. The molecule has 3 N–H and O–H groups in total. The molecule has 2 rings (SSSR count). The third-order valence-corrected chi connectivity index (χ3v) is 3.99. The Labute approximate surface area is 118 Å². The van der Waals surface area contributed by atoms with Crippen LogP contribution in [0.5, 0.6) is 0 Å². The summed E-state index contributed by atoms with van der Waals surface area (Å²) >= 11 is 0. The standard InChI is InChI=1S/C13H18N4O2S/c1-10(2)17-13(7-8-15-17)16-20(18,19)9-11-3-5-12(14)6-4-11/h3-8,10,16H,9,14H2,1-2H3. The normalized spacial score (nSPS) is 11.8. The first-order valence-electron chi connectivity index (χ1n) is 6.26. The number of hydrogen-bond donors (Lipinski definition) is 2. The summed E-state index contributed by atoms with van der Waals surface area (Å²) in [6, 6.07) is 8.49. The fraction of sp³-hybridized carbons (Fsp3) is 0.308. The maximum Gasteiger partial charge on any atom is 0.238 e. The number of nitrogens with zero attached hydrogens (tertiary/aromatic N) is 2. The summed E-state index contributed by atoms with van der Waals surface area (Å²) < 4.78 is 28.5. The van der Waals surface area contributed by atoms with Gasteiger partial charge in [0.25, 0.3) is 0 Å². The second-order valence-electron chi connectivity index (χ2n) is 4.86. The van der Waals surface area contributed by atoms with Gasteiger partial charge in [-0.25, -0.2) is 13.1 Å². The molecule has 0 aliphatic rings. The predicted molar refractivity (Wildman–Crippen MR) is 79.7 cm³/mol. The van der Waals surface area contributed by atoms with Crippen LogP contribution in [-0.2, 0) is 15.8 Å². The first kappa shape index (κ1) is 14.4. The van der Waals surface area contributed by atoms with Crippen LogP contribution in [0.3, 0.4) is 0 Å². The number of sulfonamides is 1. The first-order valence-corrected chi connectivity index (χ1v) is 7.91. The number of aromatic nitrogens is 2. The number of rotatable bonds is 5. The molecule has 0 bridgehead atoms. The molecular formula is C13H18N4O2S. The van der Waals surface area contributed by atoms with Crippen LogP contribution >= 0.6 is 0 Å². The Hall–Kier alpha value is -2.02. The fourth-order valence-electron chi connectivity index (χ4n) is 1.84. The lowest BCUT2D eigenvalue weighted by atomic mass is 10.2. The highest BCUT2D eigenvalue weighted by molar-refractivity contribution is 7.91. The fourth-order valence-corrected chi connectivity index (χ4v) is 3.02. The molecule has 108 valence electrons. The predicted octanol–water partition coefficient (Wildman–Crippen LogP) is 1.99. The van der Waals surface area contributed by atoms with Crippen LogP contribution in [0, 0.1) is 0 Å². The van der Waals surface area contributed by atoms with E-state index in [4.69, 9.17) is 5.73 Å². The van der Waals surface area contributed by atoms with Crippen molar-refractivity contribution >= 4 is 21.5 Å². The summed E-state index contributed by atoms with van der Waals surface area (Å²) in [5.41, 5.74) is 6.87. The van der Waals surface area contributed by atoms with Crippen LogP contribution in [0.4, 0.5) is 11.5 Å². The summed E-state index contributed by atoms with van der Waals surface area (Å²) in [7, 11) is -3.48. The Kier molecular flexibility index (Phi) is 3.99. The van der Waals surface area contributed by atoms with Crippen molar-refractivity contribution < 1.29 is 8.42 Å². The minimum absolute atomic E-state index is 0.0826. The Bertz CT molecular complexity index is 675. The van der Waals surface area contributed by atoms with E-state index in [9.17, 15) is 8.42 Å². The Morgan fingerprint density at radius 3 is 2.50 bits per heavy atom. The lowest BCUT2D eigenvalue weighted by Crippen LogP contribution is -2.18. The highest BCUT2D eigenvalue weighted by atomic mass is 32.2. The van der Waals surface area contributed by atoms with Crippen molar-refractivity contribution in [3.63, 3.8) is 0 Å². The van der Waals surface area contributed by atoms with Gasteiger partial charge in [0.05, 0.1) is 11.9 Å². The monoisotopic (exact) mass is 294 g/mol. The molecule has 6 nitrogen and oxygen atoms in total. The summed E-state index contributed by atoms with van der Waals surface area (Å²) in [6.45, 7) is 3.87. The summed E-state index contributed by atoms with van der Waals surface area (Å²) in [5, 5.41) is 4.09. The lowest BCUT2D eigenvalue weighted by Gasteiger charge is -2.13. The van der Waals surface area contributed by atoms with Gasteiger partial charge < -0.3 is 5.73 Å². The molecule has 0 spiro atoms. The second kappa shape index (κ2) is 5.54. The number of nitrogens with one attached hydrogen (secondary N) is 1. The van der Waals surface area contributed by atoms with E-state index in [2.05, 4.69) is 9.82 Å². The molecule has 2 aromatic rings. The molecule has 0 atom stereocenters. The van der Waals surface area contributed by atoms with Crippen LogP contribution in [-0.4, -0.2) is 18.2 Å². The van der Waals surface area contributed by atoms with Crippen LogP contribution in [0.2, 0.25) is 0 Å². The number of nitrogens with two attached hydrogens (primary N) is 1. The molecule has 0 aliphatic heterocycles. The molecule has 0 unspecified atom stereocenters. The van der Waals surface area contributed by atoms with Crippen LogP contribution in [0.15, 0.2) is 36.5 Å². The van der Waals surface area contributed by atoms with E-state index in [0.717, 1.165) is 0 Å². The van der Waals surface area contributed by atoms with Crippen molar-refractivity contribution in [2.75, 3.05) is 10.5 Å². The lowest BCUT2D eigenvalue weighted by molar-refractivity contribution is 0.539. The Morgan fingerprint density at radius 2 is 1.90 bits per heavy atom. The molecule has 0 radical (unpaired) electrons. The molecule has 1 aromatic heterocycles. The number of anilines is 2. The van der Waals surface area contributed by atoms with Crippen LogP contribution in [0.25, 0.3) is 0 Å². The molecule has 0 aliphatic carbocycles. The zero-order chi connectivity index (χ0) is 14.8. The third-order valence-electron chi connectivity index (χ3n) is 2.76. The van der Waals surface area contributed by atoms with E-state index < -0.39 is 10.0 Å². The van der Waals surface area contributed by atoms with Gasteiger partial charge in [-0.15, -0.1) is 0 Å². The summed E-state index contributed by atoms with van der Waals surface area (Å²) in [5.74, 6) is 0.367. The van der Waals surface area contributed by atoms with Gasteiger partial charge in [-0.1, -0.05) is 12.1 Å². The van der Waals surface area contributed by atoms with E-state index in [1.165, 1.54) is 0 Å². The molecule has 1 aromatic carbocycles. The molecule has 0 saturated carbocycles. The Morgan fingerprint density at radius 1 is 1.25 bits per heavy atom. The summed E-state index contributed by atoms with van der Waals surface area (Å²) in [6.07, 6.45) is 1.57. The zero-order valence-corrected chi connectivity index (χ0v) is 12.3. The smallest absolute Gasteiger partial charge is 0.238 e. The van der Waals surface area contributed by atoms with Gasteiger partial charge in [-0.3, -0.25) is 4.72 Å². The van der Waals surface area contributed by atoms with Gasteiger partial charge in [0, 0.05) is 17.8 Å². The van der Waals surface area contributed by atoms with Gasteiger partial charge >= 0.3 is 0 Å². The molecule has 0 fully saturated rings. The first-order chi connectivity index (χ1) is 9.37. The van der Waals surface area contributed by atoms with Crippen molar-refractivity contribution in [1.82, 2.24) is 9.78 Å². The van der Waals surface area contributed by atoms with Gasteiger partial charge in [0.15, 0.2) is 0 Å². The maximum absolute atomic E-state index is 12.1. The van der Waals surface area contributed by atoms with Gasteiger partial charge in [-0.2, -0.15) is 5.10 Å². The van der Waals surface area contributed by atoms with E-state index >= 15 is 0 Å². The van der Waals surface area contributed by atoms with Gasteiger partial charge in [0.1, 0.15) is 5.82 Å². The highest BCUT2D eigenvalue weighted by Gasteiger charge is 2.15. The number of hydrogen-bond acceptors (Lipinski definition) is 4. The minimum Gasteiger partial charge on any atom is -0.399 e. The molecule has 0 amide bonds. The SMILES string of the molecule is CC(C)n1nccc1NS(=O)(=O)Cc1ccc(N)cc1. The zero-order valence-electron chi connectivity index (χ0n) is 11.4. The Balaban J connectivity index is 2.15. The van der Waals surface area contributed by atoms with Crippen LogP contribution in [0.1, 0.15) is 25.5 Å². The van der Waals surface area contributed by atoms with E-state index in [0.29, 0.717) is 17.1 Å². The average molecular weight is 294 g/mol.